The van der Waals surface area contributed by atoms with Crippen LogP contribution in [0.2, 0.25) is 0 Å². The van der Waals surface area contributed by atoms with Crippen molar-refractivity contribution >= 4 is 5.91 Å². The highest BCUT2D eigenvalue weighted by atomic mass is 16.5. The first-order valence-electron chi connectivity index (χ1n) is 7.28. The van der Waals surface area contributed by atoms with E-state index in [2.05, 4.69) is 11.8 Å². The minimum atomic E-state index is 0.0281. The number of nitrogens with zero attached hydrogens (tertiary/aromatic N) is 1. The van der Waals surface area contributed by atoms with E-state index in [4.69, 9.17) is 10.5 Å². The summed E-state index contributed by atoms with van der Waals surface area (Å²) >= 11 is 0. The molecule has 1 fully saturated rings. The summed E-state index contributed by atoms with van der Waals surface area (Å²) < 4.78 is 5.26. The van der Waals surface area contributed by atoms with Gasteiger partial charge in [-0.05, 0) is 37.0 Å². The van der Waals surface area contributed by atoms with Crippen LogP contribution in [0.25, 0.3) is 0 Å². The van der Waals surface area contributed by atoms with Crippen LogP contribution in [0.1, 0.15) is 35.2 Å². The van der Waals surface area contributed by atoms with Crippen LogP contribution in [0, 0.1) is 17.8 Å². The Morgan fingerprint density at radius 3 is 2.81 bits per heavy atom. The molecule has 1 aromatic carbocycles. The van der Waals surface area contributed by atoms with Crippen molar-refractivity contribution < 1.29 is 9.53 Å². The second-order valence-electron chi connectivity index (χ2n) is 5.40. The van der Waals surface area contributed by atoms with E-state index in [1.807, 2.05) is 7.05 Å². The van der Waals surface area contributed by atoms with Gasteiger partial charge in [0.25, 0.3) is 5.91 Å². The molecule has 4 nitrogen and oxygen atoms in total. The van der Waals surface area contributed by atoms with Gasteiger partial charge in [-0.3, -0.25) is 4.79 Å². The van der Waals surface area contributed by atoms with Crippen molar-refractivity contribution in [2.24, 2.45) is 11.7 Å². The predicted octanol–water partition coefficient (Wildman–Crippen LogP) is 1.88. The zero-order valence-electron chi connectivity index (χ0n) is 12.7. The van der Waals surface area contributed by atoms with Crippen LogP contribution in [-0.2, 0) is 0 Å². The third-order valence-electron chi connectivity index (χ3n) is 3.88. The van der Waals surface area contributed by atoms with Gasteiger partial charge in [-0.25, -0.2) is 0 Å². The summed E-state index contributed by atoms with van der Waals surface area (Å²) in [6.07, 6.45) is 3.75. The van der Waals surface area contributed by atoms with E-state index in [0.717, 1.165) is 6.54 Å². The van der Waals surface area contributed by atoms with E-state index < -0.39 is 0 Å². The molecule has 112 valence electrons. The number of nitrogens with two attached hydrogens (primary N) is 1. The van der Waals surface area contributed by atoms with E-state index in [-0.39, 0.29) is 12.5 Å². The largest absolute Gasteiger partial charge is 0.495 e. The van der Waals surface area contributed by atoms with Crippen LogP contribution < -0.4 is 10.5 Å². The standard InChI is InChI=1S/C17H22N2O2/c1-19(12-13-5-3-6-13)17(20)15-8-9-16(21-2)14(11-15)7-4-10-18/h8-9,11,13H,3,5-6,10,12,18H2,1-2H3. The summed E-state index contributed by atoms with van der Waals surface area (Å²) in [5.74, 6) is 7.10. The van der Waals surface area contributed by atoms with Crippen molar-refractivity contribution in [3.8, 4) is 17.6 Å². The van der Waals surface area contributed by atoms with Gasteiger partial charge in [0.2, 0.25) is 0 Å². The molecule has 21 heavy (non-hydrogen) atoms. The third-order valence-corrected chi connectivity index (χ3v) is 3.88. The average molecular weight is 286 g/mol. The van der Waals surface area contributed by atoms with Crippen LogP contribution in [0.3, 0.4) is 0 Å². The Kier molecular flexibility index (Phi) is 5.24. The Labute approximate surface area is 126 Å². The Morgan fingerprint density at radius 1 is 1.48 bits per heavy atom. The van der Waals surface area contributed by atoms with Gasteiger partial charge < -0.3 is 15.4 Å². The maximum atomic E-state index is 12.5. The molecule has 1 aliphatic carbocycles. The molecule has 2 N–H and O–H groups in total. The van der Waals surface area contributed by atoms with Crippen molar-refractivity contribution in [3.05, 3.63) is 29.3 Å². The predicted molar refractivity (Wildman–Crippen MR) is 83.2 cm³/mol. The number of benzene rings is 1. The lowest BCUT2D eigenvalue weighted by Gasteiger charge is -2.30. The molecule has 4 heteroatoms. The molecule has 0 aliphatic heterocycles. The molecule has 1 amide bonds. The fourth-order valence-electron chi connectivity index (χ4n) is 2.45. The molecule has 0 atom stereocenters. The van der Waals surface area contributed by atoms with E-state index in [9.17, 15) is 4.79 Å². The number of hydrogen-bond acceptors (Lipinski definition) is 3. The summed E-state index contributed by atoms with van der Waals surface area (Å²) in [4.78, 5) is 14.3. The van der Waals surface area contributed by atoms with Gasteiger partial charge in [0.05, 0.1) is 19.2 Å². The van der Waals surface area contributed by atoms with Crippen LogP contribution in [0.5, 0.6) is 5.75 Å². The quantitative estimate of drug-likeness (QED) is 0.860. The third kappa shape index (κ3) is 3.77. The van der Waals surface area contributed by atoms with Crippen molar-refractivity contribution in [2.75, 3.05) is 27.2 Å². The first-order valence-corrected chi connectivity index (χ1v) is 7.28. The van der Waals surface area contributed by atoms with Gasteiger partial charge in [-0.2, -0.15) is 0 Å². The number of rotatable bonds is 4. The van der Waals surface area contributed by atoms with Crippen LogP contribution in [0.4, 0.5) is 0 Å². The van der Waals surface area contributed by atoms with Crippen LogP contribution in [0.15, 0.2) is 18.2 Å². The Balaban J connectivity index is 2.16. The maximum Gasteiger partial charge on any atom is 0.253 e. The summed E-state index contributed by atoms with van der Waals surface area (Å²) in [5.41, 5.74) is 6.74. The lowest BCUT2D eigenvalue weighted by molar-refractivity contribution is 0.0745. The van der Waals surface area contributed by atoms with Crippen molar-refractivity contribution in [1.82, 2.24) is 4.90 Å². The highest BCUT2D eigenvalue weighted by molar-refractivity contribution is 5.94. The van der Waals surface area contributed by atoms with E-state index >= 15 is 0 Å². The molecule has 2 rings (SSSR count). The van der Waals surface area contributed by atoms with Gasteiger partial charge in [0, 0.05) is 19.2 Å². The SMILES string of the molecule is COc1ccc(C(=O)N(C)CC2CCC2)cc1C#CCN. The summed E-state index contributed by atoms with van der Waals surface area (Å²) in [6.45, 7) is 1.11. The monoisotopic (exact) mass is 286 g/mol. The zero-order valence-corrected chi connectivity index (χ0v) is 12.7. The van der Waals surface area contributed by atoms with E-state index in [0.29, 0.717) is 22.8 Å². The summed E-state index contributed by atoms with van der Waals surface area (Å²) in [5, 5.41) is 0. The molecule has 1 aromatic rings. The molecule has 0 unspecified atom stereocenters. The van der Waals surface area contributed by atoms with Crippen molar-refractivity contribution in [2.45, 2.75) is 19.3 Å². The van der Waals surface area contributed by atoms with Crippen LogP contribution >= 0.6 is 0 Å². The molecule has 1 aliphatic rings. The Hall–Kier alpha value is -1.99. The molecule has 0 saturated heterocycles. The molecular weight excluding hydrogens is 264 g/mol. The number of carbonyl (C=O) groups excluding carboxylic acids is 1. The fourth-order valence-corrected chi connectivity index (χ4v) is 2.45. The minimum Gasteiger partial charge on any atom is -0.495 e. The first-order chi connectivity index (χ1) is 10.2. The number of ether oxygens (including phenoxy) is 1. The lowest BCUT2D eigenvalue weighted by atomic mass is 9.85. The highest BCUT2D eigenvalue weighted by Crippen LogP contribution is 2.27. The molecule has 0 radical (unpaired) electrons. The van der Waals surface area contributed by atoms with Gasteiger partial charge in [-0.1, -0.05) is 18.3 Å². The molecule has 0 aromatic heterocycles. The number of amides is 1. The van der Waals surface area contributed by atoms with E-state index in [1.54, 1.807) is 30.2 Å². The topological polar surface area (TPSA) is 55.6 Å². The maximum absolute atomic E-state index is 12.5. The summed E-state index contributed by atoms with van der Waals surface area (Å²) in [6, 6.07) is 5.35. The molecule has 0 bridgehead atoms. The number of methoxy groups -OCH3 is 1. The second kappa shape index (κ2) is 7.14. The molecule has 0 heterocycles. The Bertz CT molecular complexity index is 568. The zero-order chi connectivity index (χ0) is 15.2. The molecule has 0 spiro atoms. The van der Waals surface area contributed by atoms with Gasteiger partial charge in [0.1, 0.15) is 5.75 Å². The highest BCUT2D eigenvalue weighted by Gasteiger charge is 2.22. The molecule has 1 saturated carbocycles. The van der Waals surface area contributed by atoms with Crippen molar-refractivity contribution in [1.29, 1.82) is 0 Å². The number of hydrogen-bond donors (Lipinski definition) is 1. The average Bonchev–Trinajstić information content (AvgIpc) is 2.47. The van der Waals surface area contributed by atoms with Gasteiger partial charge >= 0.3 is 0 Å². The number of carbonyl (C=O) groups is 1. The normalized spacial score (nSPS) is 13.9. The van der Waals surface area contributed by atoms with Crippen LogP contribution in [-0.4, -0.2) is 38.1 Å². The van der Waals surface area contributed by atoms with Crippen molar-refractivity contribution in [3.63, 3.8) is 0 Å². The fraction of sp³-hybridized carbons (Fsp3) is 0.471. The summed E-state index contributed by atoms with van der Waals surface area (Å²) in [7, 11) is 3.45. The second-order valence-corrected chi connectivity index (χ2v) is 5.40. The Morgan fingerprint density at radius 2 is 2.24 bits per heavy atom. The lowest BCUT2D eigenvalue weighted by Crippen LogP contribution is -2.34. The van der Waals surface area contributed by atoms with Gasteiger partial charge in [-0.15, -0.1) is 0 Å². The first kappa shape index (κ1) is 15.4. The smallest absolute Gasteiger partial charge is 0.253 e. The minimum absolute atomic E-state index is 0.0281. The van der Waals surface area contributed by atoms with E-state index in [1.165, 1.54) is 19.3 Å². The van der Waals surface area contributed by atoms with Gasteiger partial charge in [0.15, 0.2) is 0 Å². The molecular formula is C17H22N2O2.